The Morgan fingerprint density at radius 3 is 2.72 bits per heavy atom. The van der Waals surface area contributed by atoms with Gasteiger partial charge in [0.05, 0.1) is 18.8 Å². The van der Waals surface area contributed by atoms with Gasteiger partial charge < -0.3 is 15.0 Å². The van der Waals surface area contributed by atoms with Gasteiger partial charge in [-0.25, -0.2) is 0 Å². The fourth-order valence-corrected chi connectivity index (χ4v) is 2.88. The third kappa shape index (κ3) is 4.38. The van der Waals surface area contributed by atoms with Crippen molar-refractivity contribution in [1.82, 2.24) is 5.32 Å². The molecule has 1 aliphatic heterocycles. The maximum absolute atomic E-state index is 12.3. The quantitative estimate of drug-likeness (QED) is 0.822. The van der Waals surface area contributed by atoms with Crippen molar-refractivity contribution in [3.63, 3.8) is 0 Å². The van der Waals surface area contributed by atoms with Gasteiger partial charge in [0.25, 0.3) is 0 Å². The molecule has 0 bridgehead atoms. The van der Waals surface area contributed by atoms with Crippen LogP contribution < -0.4 is 15.0 Å². The third-order valence-corrected chi connectivity index (χ3v) is 4.24. The maximum atomic E-state index is 12.3. The Labute approximate surface area is 147 Å². The fourth-order valence-electron chi connectivity index (χ4n) is 2.88. The largest absolute Gasteiger partial charge is 0.490 e. The lowest BCUT2D eigenvalue weighted by molar-refractivity contribution is -0.119. The third-order valence-electron chi connectivity index (χ3n) is 4.24. The van der Waals surface area contributed by atoms with Crippen molar-refractivity contribution >= 4 is 17.4 Å². The number of hydrogen-bond acceptors (Lipinski definition) is 4. The molecule has 0 spiro atoms. The molecule has 0 radical (unpaired) electrons. The van der Waals surface area contributed by atoms with E-state index in [9.17, 15) is 9.59 Å². The van der Waals surface area contributed by atoms with E-state index in [4.69, 9.17) is 4.74 Å². The van der Waals surface area contributed by atoms with E-state index in [2.05, 4.69) is 5.32 Å². The van der Waals surface area contributed by atoms with E-state index in [-0.39, 0.29) is 18.2 Å². The van der Waals surface area contributed by atoms with Crippen LogP contribution in [0.3, 0.4) is 0 Å². The van der Waals surface area contributed by atoms with Crippen LogP contribution in [0.4, 0.5) is 5.69 Å². The molecule has 1 N–H and O–H groups in total. The van der Waals surface area contributed by atoms with E-state index in [1.807, 2.05) is 35.2 Å². The summed E-state index contributed by atoms with van der Waals surface area (Å²) in [5, 5.41) is 2.96. The summed E-state index contributed by atoms with van der Waals surface area (Å²) in [4.78, 5) is 25.8. The molecule has 0 saturated carbocycles. The number of ketones is 1. The minimum atomic E-state index is -0.0305. The summed E-state index contributed by atoms with van der Waals surface area (Å²) in [5.41, 5.74) is 2.63. The number of carbonyl (C=O) groups is 2. The average molecular weight is 338 g/mol. The van der Waals surface area contributed by atoms with Gasteiger partial charge in [0.15, 0.2) is 5.78 Å². The number of hydrogen-bond donors (Lipinski definition) is 1. The summed E-state index contributed by atoms with van der Waals surface area (Å²) in [5.74, 6) is 0.686. The Balaban J connectivity index is 1.59. The molecule has 1 amide bonds. The molecule has 1 heterocycles. The topological polar surface area (TPSA) is 58.6 Å². The van der Waals surface area contributed by atoms with Crippen LogP contribution in [0.1, 0.15) is 22.8 Å². The average Bonchev–Trinajstić information content (AvgIpc) is 2.62. The lowest BCUT2D eigenvalue weighted by atomic mass is 10.1. The van der Waals surface area contributed by atoms with Gasteiger partial charge in [-0.1, -0.05) is 30.3 Å². The van der Waals surface area contributed by atoms with Gasteiger partial charge >= 0.3 is 0 Å². The highest BCUT2D eigenvalue weighted by Crippen LogP contribution is 2.32. The first-order valence-electron chi connectivity index (χ1n) is 8.47. The number of anilines is 1. The van der Waals surface area contributed by atoms with Crippen LogP contribution in [-0.4, -0.2) is 37.9 Å². The van der Waals surface area contributed by atoms with Gasteiger partial charge in [0.2, 0.25) is 5.91 Å². The second-order valence-corrected chi connectivity index (χ2v) is 6.09. The monoisotopic (exact) mass is 338 g/mol. The maximum Gasteiger partial charge on any atom is 0.239 e. The highest BCUT2D eigenvalue weighted by molar-refractivity contribution is 5.96. The van der Waals surface area contributed by atoms with Crippen LogP contribution in [0.25, 0.3) is 0 Å². The van der Waals surface area contributed by atoms with Crippen LogP contribution in [-0.2, 0) is 11.2 Å². The van der Waals surface area contributed by atoms with Gasteiger partial charge in [0.1, 0.15) is 12.4 Å². The number of rotatable bonds is 6. The lowest BCUT2D eigenvalue weighted by Gasteiger charge is -2.31. The van der Waals surface area contributed by atoms with Gasteiger partial charge in [-0.15, -0.1) is 0 Å². The SMILES string of the molecule is CC(=O)c1ccc2c(c1)N(CC(=O)NCCc1ccccc1)CCO2. The van der Waals surface area contributed by atoms with Crippen LogP contribution in [0.15, 0.2) is 48.5 Å². The first-order chi connectivity index (χ1) is 12.1. The molecule has 1 aliphatic rings. The predicted octanol–water partition coefficient (Wildman–Crippen LogP) is 2.45. The van der Waals surface area contributed by atoms with Crippen molar-refractivity contribution < 1.29 is 14.3 Å². The first kappa shape index (κ1) is 17.0. The molecule has 130 valence electrons. The second-order valence-electron chi connectivity index (χ2n) is 6.09. The molecule has 5 heteroatoms. The summed E-state index contributed by atoms with van der Waals surface area (Å²) in [7, 11) is 0. The summed E-state index contributed by atoms with van der Waals surface area (Å²) in [6.45, 7) is 3.55. The number of nitrogens with one attached hydrogen (secondary N) is 1. The summed E-state index contributed by atoms with van der Waals surface area (Å²) < 4.78 is 5.62. The zero-order chi connectivity index (χ0) is 17.6. The number of carbonyl (C=O) groups excluding carboxylic acids is 2. The summed E-state index contributed by atoms with van der Waals surface area (Å²) in [6, 6.07) is 15.4. The second kappa shape index (κ2) is 7.83. The Hall–Kier alpha value is -2.82. The summed E-state index contributed by atoms with van der Waals surface area (Å²) in [6.07, 6.45) is 0.806. The summed E-state index contributed by atoms with van der Waals surface area (Å²) >= 11 is 0. The molecule has 0 unspecified atom stereocenters. The normalized spacial score (nSPS) is 12.9. The van der Waals surface area contributed by atoms with E-state index < -0.39 is 0 Å². The minimum Gasteiger partial charge on any atom is -0.490 e. The highest BCUT2D eigenvalue weighted by atomic mass is 16.5. The van der Waals surface area contributed by atoms with Gasteiger partial charge in [0, 0.05) is 12.1 Å². The first-order valence-corrected chi connectivity index (χ1v) is 8.47. The molecule has 3 rings (SSSR count). The van der Waals surface area contributed by atoms with Crippen LogP contribution >= 0.6 is 0 Å². The zero-order valence-electron chi connectivity index (χ0n) is 14.3. The molecule has 0 atom stereocenters. The Kier molecular flexibility index (Phi) is 5.33. The van der Waals surface area contributed by atoms with Crippen molar-refractivity contribution in [1.29, 1.82) is 0 Å². The Bertz CT molecular complexity index is 759. The molecule has 2 aromatic rings. The standard InChI is InChI=1S/C20H22N2O3/c1-15(23)17-7-8-19-18(13-17)22(11-12-25-19)14-20(24)21-10-9-16-5-3-2-4-6-16/h2-8,13H,9-12,14H2,1H3,(H,21,24). The molecule has 0 fully saturated rings. The Morgan fingerprint density at radius 2 is 1.96 bits per heavy atom. The van der Waals surface area contributed by atoms with Gasteiger partial charge in [-0.3, -0.25) is 9.59 Å². The fraction of sp³-hybridized carbons (Fsp3) is 0.300. The number of nitrogens with zero attached hydrogens (tertiary/aromatic N) is 1. The number of benzene rings is 2. The number of Topliss-reactive ketones (excluding diaryl/α,β-unsaturated/α-hetero) is 1. The number of ether oxygens (including phenoxy) is 1. The highest BCUT2D eigenvalue weighted by Gasteiger charge is 2.21. The number of amides is 1. The molecule has 25 heavy (non-hydrogen) atoms. The van der Waals surface area contributed by atoms with E-state index in [1.54, 1.807) is 18.2 Å². The van der Waals surface area contributed by atoms with E-state index in [0.29, 0.717) is 31.0 Å². The van der Waals surface area contributed by atoms with Crippen LogP contribution in [0.5, 0.6) is 5.75 Å². The molecule has 0 aromatic heterocycles. The predicted molar refractivity (Wildman–Crippen MR) is 97.3 cm³/mol. The molecule has 0 saturated heterocycles. The van der Waals surface area contributed by atoms with E-state index in [1.165, 1.54) is 12.5 Å². The van der Waals surface area contributed by atoms with Crippen molar-refractivity contribution in [3.8, 4) is 5.75 Å². The van der Waals surface area contributed by atoms with Gasteiger partial charge in [-0.2, -0.15) is 0 Å². The number of fused-ring (bicyclic) bond motifs is 1. The van der Waals surface area contributed by atoms with Gasteiger partial charge in [-0.05, 0) is 37.1 Å². The minimum absolute atomic E-state index is 0.000589. The Morgan fingerprint density at radius 1 is 1.16 bits per heavy atom. The van der Waals surface area contributed by atoms with Crippen molar-refractivity contribution in [2.75, 3.05) is 31.1 Å². The van der Waals surface area contributed by atoms with Crippen LogP contribution in [0, 0.1) is 0 Å². The molecular weight excluding hydrogens is 316 g/mol. The molecule has 0 aliphatic carbocycles. The van der Waals surface area contributed by atoms with Crippen molar-refractivity contribution in [2.24, 2.45) is 0 Å². The van der Waals surface area contributed by atoms with Crippen molar-refractivity contribution in [3.05, 3.63) is 59.7 Å². The molecular formula is C20H22N2O3. The lowest BCUT2D eigenvalue weighted by Crippen LogP contribution is -2.41. The van der Waals surface area contributed by atoms with Crippen LogP contribution in [0.2, 0.25) is 0 Å². The zero-order valence-corrected chi connectivity index (χ0v) is 14.3. The van der Waals surface area contributed by atoms with Crippen molar-refractivity contribution in [2.45, 2.75) is 13.3 Å². The molecule has 2 aromatic carbocycles. The van der Waals surface area contributed by atoms with E-state index in [0.717, 1.165) is 12.1 Å². The molecule has 5 nitrogen and oxygen atoms in total. The van der Waals surface area contributed by atoms with E-state index >= 15 is 0 Å². The smallest absolute Gasteiger partial charge is 0.239 e.